The maximum Gasteiger partial charge on any atom is 1.00 e. The van der Waals surface area contributed by atoms with Gasteiger partial charge in [-0.15, -0.1) is 0 Å². The van der Waals surface area contributed by atoms with E-state index in [2.05, 4.69) is 130 Å². The molecule has 0 saturated carbocycles. The van der Waals surface area contributed by atoms with Gasteiger partial charge in [-0.3, -0.25) is 0 Å². The molecule has 3 aromatic carbocycles. The van der Waals surface area contributed by atoms with Crippen LogP contribution in [0.3, 0.4) is 0 Å². The van der Waals surface area contributed by atoms with Crippen molar-refractivity contribution in [1.82, 2.24) is 0 Å². The monoisotopic (exact) mass is 1390 g/mol. The minimum Gasteiger partial charge on any atom is 1.00 e. The van der Waals surface area contributed by atoms with E-state index in [9.17, 15) is 65.9 Å². The smallest absolute Gasteiger partial charge is 1.00 e. The van der Waals surface area contributed by atoms with Gasteiger partial charge < -0.3 is 0 Å². The van der Waals surface area contributed by atoms with E-state index in [1.54, 1.807) is 0 Å². The van der Waals surface area contributed by atoms with E-state index in [-0.39, 0.29) is 45.0 Å². The Kier molecular flexibility index (Phi) is 24.8. The molecule has 5 radical (unpaired) electrons. The Morgan fingerprint density at radius 2 is 0.536 bits per heavy atom. The molecule has 3 rings (SSSR count). The predicted molar refractivity (Wildman–Crippen MR) is 276 cm³/mol. The molecule has 0 unspecified atom stereocenters. The molecule has 0 amide bonds. The average Bonchev–Trinajstić information content (AvgIpc) is 3.18. The molecule has 0 atom stereocenters. The van der Waals surface area contributed by atoms with Gasteiger partial charge in [0.15, 0.2) is 0 Å². The molecule has 3 aromatic rings. The maximum absolute atomic E-state index is 14.9. The summed E-state index contributed by atoms with van der Waals surface area (Å²) in [5.74, 6) is -46.3. The average molecular weight is 1390 g/mol. The van der Waals surface area contributed by atoms with Gasteiger partial charge in [-0.25, -0.2) is 0 Å². The molecule has 391 valence electrons. The van der Waals surface area contributed by atoms with Crippen LogP contribution >= 0.6 is 7.92 Å². The van der Waals surface area contributed by atoms with Crippen LogP contribution in [-0.2, 0) is 22.4 Å². The topological polar surface area (TPSA) is 4.36 Å². The summed E-state index contributed by atoms with van der Waals surface area (Å²) >= 11 is 0.459. The van der Waals surface area contributed by atoms with Crippen molar-refractivity contribution in [2.24, 2.45) is 0 Å². The molecule has 0 saturated heterocycles. The largest absolute Gasteiger partial charge is 1.00 e. The Labute approximate surface area is 432 Å². The number of rotatable bonds is 13. The standard InChI is InChI=1S/C19BF15GeN.C16H48Si8.C6H15P.Au/c21-5-2(6(22)12(28)17(33)11(5)27)20(37-1-36,3-7(23)13(29)18(34)14(30)8(3)24)4-9(25)15(31)19(35)16(32)10(4)26;1-19(2,3)17(20(4,5)6)23(13,14)24(15,16)18(21(7,8)9)22(10,11)12;1-4-7(5-2)6-3;/h;1-16H3;4-6H2,1-3H3;/q;;;+1/p+1. The maximum atomic E-state index is 14.9. The van der Waals surface area contributed by atoms with Crippen molar-refractivity contribution in [3.8, 4) is 4.90 Å². The van der Waals surface area contributed by atoms with E-state index in [4.69, 9.17) is 0 Å². The van der Waals surface area contributed by atoms with Crippen LogP contribution in [0.25, 0.3) is 4.76 Å². The molecule has 0 aromatic heterocycles. The summed E-state index contributed by atoms with van der Waals surface area (Å²) in [5, 5.41) is 0. The fourth-order valence-electron chi connectivity index (χ4n) is 11.1. The van der Waals surface area contributed by atoms with Crippen molar-refractivity contribution < 1.29 is 88.2 Å². The molecular formula is C41H64AuBF15GeNPSi8+2. The van der Waals surface area contributed by atoms with Gasteiger partial charge in [-0.05, 0) is 28.7 Å². The third kappa shape index (κ3) is 13.9. The first-order chi connectivity index (χ1) is 30.4. The van der Waals surface area contributed by atoms with Gasteiger partial charge in [0.25, 0.3) is 0 Å². The summed E-state index contributed by atoms with van der Waals surface area (Å²) in [7, 11) is -6.48. The second-order valence-corrected chi connectivity index (χ2v) is 106. The number of nitrogens with zero attached hydrogens (tertiary/aromatic N) is 1. The van der Waals surface area contributed by atoms with Crippen molar-refractivity contribution >= 4 is 106 Å². The number of benzene rings is 3. The first-order valence-electron chi connectivity index (χ1n) is 21.9. The number of halogens is 15. The number of hydrogen-bond donors (Lipinski definition) is 0. The zero-order chi connectivity index (χ0) is 54.2. The Balaban J connectivity index is 0.00000124. The summed E-state index contributed by atoms with van der Waals surface area (Å²) < 4.78 is 217. The minimum absolute atomic E-state index is 0. The molecule has 1 nitrogen and oxygen atoms in total. The first kappa shape index (κ1) is 68.6. The zero-order valence-electron chi connectivity index (χ0n) is 42.6. The van der Waals surface area contributed by atoms with Crippen LogP contribution in [0.2, 0.25) is 105 Å². The van der Waals surface area contributed by atoms with Gasteiger partial charge in [0, 0.05) is 59.3 Å². The van der Waals surface area contributed by atoms with Gasteiger partial charge >= 0.3 is 224 Å². The van der Waals surface area contributed by atoms with Crippen molar-refractivity contribution in [1.29, 1.82) is 0 Å². The van der Waals surface area contributed by atoms with E-state index < -0.39 is 155 Å². The third-order valence-electron chi connectivity index (χ3n) is 12.6. The predicted octanol–water partition coefficient (Wildman–Crippen LogP) is 12.8. The summed E-state index contributed by atoms with van der Waals surface area (Å²) in [6, 6.07) is 0. The molecule has 0 heterocycles. The van der Waals surface area contributed by atoms with Crippen LogP contribution in [0.4, 0.5) is 65.9 Å². The van der Waals surface area contributed by atoms with Crippen molar-refractivity contribution in [3.05, 3.63) is 92.0 Å². The Morgan fingerprint density at radius 1 is 0.377 bits per heavy atom. The second-order valence-electron chi connectivity index (χ2n) is 21.8. The molecule has 0 aliphatic carbocycles. The van der Waals surface area contributed by atoms with Crippen LogP contribution in [0.15, 0.2) is 0 Å². The third-order valence-corrected chi connectivity index (χ3v) is 166. The van der Waals surface area contributed by atoms with E-state index in [0.29, 0.717) is 16.5 Å². The minimum atomic E-state index is -5.89. The number of hydrogen-bond acceptors (Lipinski definition) is 0. The van der Waals surface area contributed by atoms with Crippen molar-refractivity contribution in [3.63, 3.8) is 0 Å². The Morgan fingerprint density at radius 3 is 0.652 bits per heavy atom. The summed E-state index contributed by atoms with van der Waals surface area (Å²) in [6.45, 7) is 51.6. The van der Waals surface area contributed by atoms with E-state index in [0.717, 1.165) is 0 Å². The molecule has 0 aliphatic rings. The normalized spacial score (nSPS) is 12.9. The molecule has 0 bridgehead atoms. The molecule has 0 fully saturated rings. The second kappa shape index (κ2) is 25.0. The summed E-state index contributed by atoms with van der Waals surface area (Å²) in [5.41, 5.74) is -8.42. The molecule has 28 heteroatoms. The fourth-order valence-corrected chi connectivity index (χ4v) is 280. The van der Waals surface area contributed by atoms with Crippen LogP contribution in [0.5, 0.6) is 0 Å². The van der Waals surface area contributed by atoms with Gasteiger partial charge in [-0.1, -0.05) is 105 Å². The summed E-state index contributed by atoms with van der Waals surface area (Å²) in [6.07, 6.45) is -1.52. The van der Waals surface area contributed by atoms with Crippen molar-refractivity contribution in [2.75, 3.05) is 18.5 Å². The van der Waals surface area contributed by atoms with Crippen LogP contribution in [-0.4, -0.2) is 101 Å². The van der Waals surface area contributed by atoms with Gasteiger partial charge in [0.05, 0.1) is 18.5 Å². The SMILES string of the molecule is CC[PH+](CC)CC.C[Si](C)(C)[Si]([Si](C)(C)C)[Si](C)(C)[Si](C)(C)[Si]([Si](C)(C)C)[Si](C)(C)C.Fc1c(F)c(F)c([B-]([N+]#[C][Ge])(c2c(F)c(F)c(F)c(F)c2F)c2c(F)c(F)c(F)c(F)c2F)c(F)c1F.[Au+]. The van der Waals surface area contributed by atoms with Crippen LogP contribution in [0, 0.1) is 92.2 Å². The molecule has 0 aliphatic heterocycles. The van der Waals surface area contributed by atoms with Gasteiger partial charge in [-0.2, -0.15) is 0 Å². The van der Waals surface area contributed by atoms with Crippen LogP contribution < -0.4 is 16.4 Å². The zero-order valence-corrected chi connectivity index (χ0v) is 55.9. The van der Waals surface area contributed by atoms with Gasteiger partial charge in [0.1, 0.15) is 0 Å². The Bertz CT molecular complexity index is 2070. The Hall–Kier alpha value is -0.387. The molecule has 0 spiro atoms. The molecular weight excluding hydrogens is 1330 g/mol. The fraction of sp³-hybridized carbons (Fsp3) is 0.537. The van der Waals surface area contributed by atoms with Crippen molar-refractivity contribution in [2.45, 2.75) is 126 Å². The van der Waals surface area contributed by atoms with Gasteiger partial charge in [0.2, 0.25) is 0 Å². The van der Waals surface area contributed by atoms with E-state index in [1.165, 1.54) is 23.4 Å². The molecule has 0 N–H and O–H groups in total. The first-order valence-corrected chi connectivity index (χ1v) is 55.0. The van der Waals surface area contributed by atoms with E-state index >= 15 is 0 Å². The van der Waals surface area contributed by atoms with Crippen LogP contribution in [0.1, 0.15) is 20.8 Å². The van der Waals surface area contributed by atoms with E-state index in [1.807, 2.05) is 0 Å². The quantitative estimate of drug-likeness (QED) is 0.0528. The molecule has 69 heavy (non-hydrogen) atoms. The summed E-state index contributed by atoms with van der Waals surface area (Å²) in [4.78, 5) is 1.36.